The third kappa shape index (κ3) is 3.90. The Morgan fingerprint density at radius 3 is 2.47 bits per heavy atom. The Morgan fingerprint density at radius 2 is 1.79 bits per heavy atom. The summed E-state index contributed by atoms with van der Waals surface area (Å²) in [5.74, 6) is -1.07. The number of fused-ring (bicyclic) bond motifs is 1. The number of rotatable bonds is 6. The number of halogens is 1. The SMILES string of the molecule is CCc1nc2ccc(F)cc2c(C(=O)O)c1Cc1ccc(-c2ccccc2-c2nn[nH]n2)cc1. The summed E-state index contributed by atoms with van der Waals surface area (Å²) in [5, 5.41) is 24.6. The summed E-state index contributed by atoms with van der Waals surface area (Å²) in [6.07, 6.45) is 0.941. The molecule has 0 radical (unpaired) electrons. The van der Waals surface area contributed by atoms with Gasteiger partial charge in [-0.25, -0.2) is 9.18 Å². The average molecular weight is 453 g/mol. The Labute approximate surface area is 194 Å². The monoisotopic (exact) mass is 453 g/mol. The average Bonchev–Trinajstić information content (AvgIpc) is 3.39. The largest absolute Gasteiger partial charge is 0.478 e. The molecule has 0 saturated heterocycles. The van der Waals surface area contributed by atoms with E-state index in [2.05, 4.69) is 25.6 Å². The van der Waals surface area contributed by atoms with Crippen molar-refractivity contribution in [3.63, 3.8) is 0 Å². The Balaban J connectivity index is 1.55. The number of aromatic nitrogens is 5. The van der Waals surface area contributed by atoms with Crippen LogP contribution >= 0.6 is 0 Å². The van der Waals surface area contributed by atoms with Gasteiger partial charge in [0.1, 0.15) is 5.82 Å². The first-order valence-electron chi connectivity index (χ1n) is 10.8. The van der Waals surface area contributed by atoms with Gasteiger partial charge in [0.15, 0.2) is 0 Å². The van der Waals surface area contributed by atoms with Crippen LogP contribution in [0.2, 0.25) is 0 Å². The van der Waals surface area contributed by atoms with E-state index in [0.717, 1.165) is 22.3 Å². The summed E-state index contributed by atoms with van der Waals surface area (Å²) < 4.78 is 13.9. The molecule has 168 valence electrons. The molecule has 0 unspecified atom stereocenters. The van der Waals surface area contributed by atoms with Crippen molar-refractivity contribution >= 4 is 16.9 Å². The second-order valence-electron chi connectivity index (χ2n) is 7.89. The molecule has 0 saturated carbocycles. The minimum atomic E-state index is -1.09. The van der Waals surface area contributed by atoms with Crippen LogP contribution in [0.3, 0.4) is 0 Å². The number of aromatic carboxylic acids is 1. The molecule has 2 aromatic heterocycles. The molecule has 0 aliphatic heterocycles. The van der Waals surface area contributed by atoms with Crippen LogP contribution in [0.1, 0.15) is 34.1 Å². The fraction of sp³-hybridized carbons (Fsp3) is 0.115. The van der Waals surface area contributed by atoms with Crippen LogP contribution in [0.15, 0.2) is 66.7 Å². The summed E-state index contributed by atoms with van der Waals surface area (Å²) in [4.78, 5) is 16.9. The first-order valence-corrected chi connectivity index (χ1v) is 10.8. The molecule has 2 heterocycles. The van der Waals surface area contributed by atoms with Crippen LogP contribution in [0.5, 0.6) is 0 Å². The summed E-state index contributed by atoms with van der Waals surface area (Å²) in [7, 11) is 0. The highest BCUT2D eigenvalue weighted by Crippen LogP contribution is 2.31. The first kappa shape index (κ1) is 21.4. The number of carboxylic acids is 1. The molecule has 0 bridgehead atoms. The van der Waals surface area contributed by atoms with E-state index in [4.69, 9.17) is 0 Å². The van der Waals surface area contributed by atoms with Crippen molar-refractivity contribution in [2.45, 2.75) is 19.8 Å². The second kappa shape index (κ2) is 8.82. The highest BCUT2D eigenvalue weighted by Gasteiger charge is 2.20. The number of H-pyrrole nitrogens is 1. The van der Waals surface area contributed by atoms with E-state index in [9.17, 15) is 14.3 Å². The molecule has 2 N–H and O–H groups in total. The topological polar surface area (TPSA) is 105 Å². The van der Waals surface area contributed by atoms with E-state index in [1.807, 2.05) is 55.5 Å². The molecule has 0 aliphatic carbocycles. The highest BCUT2D eigenvalue weighted by atomic mass is 19.1. The molecule has 0 spiro atoms. The van der Waals surface area contributed by atoms with Gasteiger partial charge < -0.3 is 5.11 Å². The lowest BCUT2D eigenvalue weighted by Crippen LogP contribution is -2.10. The maximum atomic E-state index is 13.9. The zero-order valence-electron chi connectivity index (χ0n) is 18.3. The van der Waals surface area contributed by atoms with E-state index in [1.165, 1.54) is 18.2 Å². The van der Waals surface area contributed by atoms with Gasteiger partial charge in [-0.3, -0.25) is 4.98 Å². The number of pyridine rings is 1. The molecular formula is C26H20FN5O2. The molecular weight excluding hydrogens is 433 g/mol. The Morgan fingerprint density at radius 1 is 1.03 bits per heavy atom. The number of aromatic amines is 1. The van der Waals surface area contributed by atoms with Gasteiger partial charge in [-0.15, -0.1) is 10.2 Å². The van der Waals surface area contributed by atoms with Gasteiger partial charge >= 0.3 is 5.97 Å². The van der Waals surface area contributed by atoms with E-state index in [1.54, 1.807) is 0 Å². The van der Waals surface area contributed by atoms with Gasteiger partial charge in [0.2, 0.25) is 5.82 Å². The third-order valence-corrected chi connectivity index (χ3v) is 5.84. The second-order valence-corrected chi connectivity index (χ2v) is 7.89. The van der Waals surface area contributed by atoms with Crippen molar-refractivity contribution in [2.24, 2.45) is 0 Å². The van der Waals surface area contributed by atoms with Crippen LogP contribution in [-0.4, -0.2) is 36.7 Å². The third-order valence-electron chi connectivity index (χ3n) is 5.84. The van der Waals surface area contributed by atoms with Crippen LogP contribution in [0.25, 0.3) is 33.4 Å². The molecule has 0 fully saturated rings. The zero-order chi connectivity index (χ0) is 23.7. The quantitative estimate of drug-likeness (QED) is 0.372. The highest BCUT2D eigenvalue weighted by molar-refractivity contribution is 6.04. The Kier molecular flexibility index (Phi) is 5.55. The lowest BCUT2D eigenvalue weighted by Gasteiger charge is -2.15. The van der Waals surface area contributed by atoms with E-state index >= 15 is 0 Å². The van der Waals surface area contributed by atoms with Crippen molar-refractivity contribution < 1.29 is 14.3 Å². The first-order chi connectivity index (χ1) is 16.5. The van der Waals surface area contributed by atoms with Gasteiger partial charge in [-0.2, -0.15) is 5.21 Å². The zero-order valence-corrected chi connectivity index (χ0v) is 18.3. The van der Waals surface area contributed by atoms with Crippen molar-refractivity contribution in [1.29, 1.82) is 0 Å². The predicted molar refractivity (Wildman–Crippen MR) is 126 cm³/mol. The van der Waals surface area contributed by atoms with E-state index < -0.39 is 11.8 Å². The number of carboxylic acid groups (broad SMARTS) is 1. The number of benzene rings is 3. The summed E-state index contributed by atoms with van der Waals surface area (Å²) in [5.41, 5.74) is 5.59. The van der Waals surface area contributed by atoms with Crippen molar-refractivity contribution in [3.8, 4) is 22.5 Å². The molecule has 34 heavy (non-hydrogen) atoms. The van der Waals surface area contributed by atoms with Crippen LogP contribution in [0, 0.1) is 5.82 Å². The Bertz CT molecular complexity index is 1500. The van der Waals surface area contributed by atoms with E-state index in [0.29, 0.717) is 40.8 Å². The van der Waals surface area contributed by atoms with Crippen LogP contribution < -0.4 is 0 Å². The predicted octanol–water partition coefficient (Wildman–Crippen LogP) is 5.07. The van der Waals surface area contributed by atoms with Gasteiger partial charge in [-0.1, -0.05) is 55.5 Å². The number of hydrogen-bond acceptors (Lipinski definition) is 5. The number of aryl methyl sites for hydroxylation is 1. The van der Waals surface area contributed by atoms with Gasteiger partial charge in [0.05, 0.1) is 11.1 Å². The lowest BCUT2D eigenvalue weighted by atomic mass is 9.92. The fourth-order valence-corrected chi connectivity index (χ4v) is 4.26. The molecule has 0 amide bonds. The molecule has 0 atom stereocenters. The number of nitrogens with one attached hydrogen (secondary N) is 1. The molecule has 3 aromatic carbocycles. The molecule has 5 aromatic rings. The lowest BCUT2D eigenvalue weighted by molar-refractivity contribution is 0.0698. The molecule has 8 heteroatoms. The molecule has 5 rings (SSSR count). The molecule has 7 nitrogen and oxygen atoms in total. The number of tetrazole rings is 1. The summed E-state index contributed by atoms with van der Waals surface area (Å²) >= 11 is 0. The number of hydrogen-bond donors (Lipinski definition) is 2. The number of carbonyl (C=O) groups is 1. The summed E-state index contributed by atoms with van der Waals surface area (Å²) in [6.45, 7) is 1.94. The maximum absolute atomic E-state index is 13.9. The fourth-order valence-electron chi connectivity index (χ4n) is 4.26. The van der Waals surface area contributed by atoms with Crippen molar-refractivity contribution in [2.75, 3.05) is 0 Å². The van der Waals surface area contributed by atoms with E-state index in [-0.39, 0.29) is 5.56 Å². The normalized spacial score (nSPS) is 11.1. The molecule has 0 aliphatic rings. The standard InChI is InChI=1S/C26H20FN5O2/c1-2-22-20(24(26(33)34)21-14-17(27)11-12-23(21)28-22)13-15-7-9-16(10-8-15)18-5-3-4-6-19(18)25-29-31-32-30-25/h3-12,14H,2,13H2,1H3,(H,33,34)(H,29,30,31,32). The van der Waals surface area contributed by atoms with Crippen LogP contribution in [0.4, 0.5) is 4.39 Å². The van der Waals surface area contributed by atoms with Gasteiger partial charge in [-0.05, 0) is 52.1 Å². The maximum Gasteiger partial charge on any atom is 0.336 e. The number of nitrogens with zero attached hydrogens (tertiary/aromatic N) is 4. The minimum absolute atomic E-state index is 0.105. The Hall–Kier alpha value is -4.46. The van der Waals surface area contributed by atoms with Crippen LogP contribution in [-0.2, 0) is 12.8 Å². The van der Waals surface area contributed by atoms with Crippen molar-refractivity contribution in [3.05, 3.63) is 94.9 Å². The van der Waals surface area contributed by atoms with Gasteiger partial charge in [0, 0.05) is 23.1 Å². The van der Waals surface area contributed by atoms with Gasteiger partial charge in [0.25, 0.3) is 0 Å². The summed E-state index contributed by atoms with van der Waals surface area (Å²) in [6, 6.07) is 19.7. The smallest absolute Gasteiger partial charge is 0.336 e. The minimum Gasteiger partial charge on any atom is -0.478 e. The van der Waals surface area contributed by atoms with Crippen molar-refractivity contribution in [1.82, 2.24) is 25.6 Å².